The third-order valence-corrected chi connectivity index (χ3v) is 4.60. The van der Waals surface area contributed by atoms with Crippen molar-refractivity contribution in [3.63, 3.8) is 0 Å². The van der Waals surface area contributed by atoms with E-state index >= 15 is 0 Å². The van der Waals surface area contributed by atoms with Crippen LogP contribution in [0.25, 0.3) is 0 Å². The topological polar surface area (TPSA) is 54.2 Å². The Morgan fingerprint density at radius 1 is 1.00 bits per heavy atom. The van der Waals surface area contributed by atoms with Crippen LogP contribution in [0.5, 0.6) is 0 Å². The quantitative estimate of drug-likeness (QED) is 0.455. The number of benzene rings is 2. The highest BCUT2D eigenvalue weighted by molar-refractivity contribution is 5.79. The zero-order chi connectivity index (χ0) is 21.4. The van der Waals surface area contributed by atoms with E-state index < -0.39 is 11.7 Å². The second-order valence-corrected chi connectivity index (χ2v) is 6.75. The Bertz CT molecular complexity index is 947. The molecule has 0 saturated carbocycles. The van der Waals surface area contributed by atoms with Crippen molar-refractivity contribution in [2.75, 3.05) is 13.6 Å². The molecule has 2 N–H and O–H groups in total. The Morgan fingerprint density at radius 2 is 1.73 bits per heavy atom. The van der Waals surface area contributed by atoms with E-state index in [1.165, 1.54) is 17.7 Å². The Hall–Kier alpha value is -3.29. The van der Waals surface area contributed by atoms with Crippen molar-refractivity contribution in [2.24, 2.45) is 4.99 Å². The highest BCUT2D eigenvalue weighted by Gasteiger charge is 2.29. The van der Waals surface area contributed by atoms with E-state index in [0.29, 0.717) is 25.5 Å². The van der Waals surface area contributed by atoms with E-state index in [2.05, 4.69) is 37.3 Å². The minimum atomic E-state index is -4.32. The van der Waals surface area contributed by atoms with Gasteiger partial charge in [0.15, 0.2) is 5.96 Å². The molecule has 0 unspecified atom stereocenters. The van der Waals surface area contributed by atoms with Gasteiger partial charge in [0, 0.05) is 45.5 Å². The molecule has 1 aromatic heterocycles. The van der Waals surface area contributed by atoms with E-state index in [1.54, 1.807) is 13.2 Å². The molecular formula is C22H24F3N5. The fourth-order valence-corrected chi connectivity index (χ4v) is 3.00. The molecule has 0 aliphatic heterocycles. The molecule has 0 radical (unpaired) electrons. The first-order valence-electron chi connectivity index (χ1n) is 9.60. The van der Waals surface area contributed by atoms with Crippen LogP contribution in [0.1, 0.15) is 22.5 Å². The van der Waals surface area contributed by atoms with Gasteiger partial charge in [-0.1, -0.05) is 42.5 Å². The lowest BCUT2D eigenvalue weighted by Gasteiger charge is -2.13. The molecule has 5 nitrogen and oxygen atoms in total. The number of nitrogens with one attached hydrogen (secondary N) is 2. The number of hydrogen-bond acceptors (Lipinski definition) is 2. The summed E-state index contributed by atoms with van der Waals surface area (Å²) in [6.45, 7) is 1.76. The molecule has 8 heteroatoms. The number of rotatable bonds is 7. The summed E-state index contributed by atoms with van der Waals surface area (Å²) >= 11 is 0. The van der Waals surface area contributed by atoms with Crippen molar-refractivity contribution in [1.82, 2.24) is 20.2 Å². The smallest absolute Gasteiger partial charge is 0.356 e. The molecule has 1 heterocycles. The first-order valence-corrected chi connectivity index (χ1v) is 9.60. The highest BCUT2D eigenvalue weighted by atomic mass is 19.4. The van der Waals surface area contributed by atoms with Crippen LogP contribution in [0.15, 0.2) is 72.0 Å². The van der Waals surface area contributed by atoms with Crippen molar-refractivity contribution in [3.8, 4) is 0 Å². The Labute approximate surface area is 173 Å². The molecule has 0 aliphatic carbocycles. The number of nitrogens with zero attached hydrogens (tertiary/aromatic N) is 3. The standard InChI is InChI=1S/C22H24F3N5/c1-26-21(29-15-17-7-9-19(10-8-17)22(23,24)25)28-12-11-20-27-13-14-30(20)16-18-5-3-2-4-6-18/h2-10,13-14H,11-12,15-16H2,1H3,(H2,26,28,29). The first-order chi connectivity index (χ1) is 14.5. The maximum Gasteiger partial charge on any atom is 0.416 e. The summed E-state index contributed by atoms with van der Waals surface area (Å²) in [5, 5.41) is 6.32. The summed E-state index contributed by atoms with van der Waals surface area (Å²) in [5.74, 6) is 1.54. The molecule has 3 aromatic rings. The molecule has 30 heavy (non-hydrogen) atoms. The van der Waals surface area contributed by atoms with Gasteiger partial charge in [0.1, 0.15) is 5.82 Å². The normalized spacial score (nSPS) is 12.1. The summed E-state index contributed by atoms with van der Waals surface area (Å²) in [5.41, 5.74) is 1.29. The highest BCUT2D eigenvalue weighted by Crippen LogP contribution is 2.29. The maximum atomic E-state index is 12.6. The minimum Gasteiger partial charge on any atom is -0.356 e. The van der Waals surface area contributed by atoms with Gasteiger partial charge < -0.3 is 15.2 Å². The fourth-order valence-electron chi connectivity index (χ4n) is 3.00. The van der Waals surface area contributed by atoms with Gasteiger partial charge in [-0.2, -0.15) is 13.2 Å². The number of halogens is 3. The minimum absolute atomic E-state index is 0.375. The molecule has 2 aromatic carbocycles. The fraction of sp³-hybridized carbons (Fsp3) is 0.273. The second-order valence-electron chi connectivity index (χ2n) is 6.75. The molecule has 0 saturated heterocycles. The van der Waals surface area contributed by atoms with Crippen LogP contribution in [-0.4, -0.2) is 29.1 Å². The zero-order valence-electron chi connectivity index (χ0n) is 16.7. The van der Waals surface area contributed by atoms with Gasteiger partial charge >= 0.3 is 6.18 Å². The molecule has 0 fully saturated rings. The van der Waals surface area contributed by atoms with Crippen LogP contribution < -0.4 is 10.6 Å². The Kier molecular flexibility index (Phi) is 7.11. The summed E-state index contributed by atoms with van der Waals surface area (Å²) in [7, 11) is 1.65. The molecule has 158 valence electrons. The zero-order valence-corrected chi connectivity index (χ0v) is 16.7. The lowest BCUT2D eigenvalue weighted by molar-refractivity contribution is -0.137. The monoisotopic (exact) mass is 415 g/mol. The van der Waals surface area contributed by atoms with Crippen LogP contribution in [0.4, 0.5) is 13.2 Å². The van der Waals surface area contributed by atoms with Crippen molar-refractivity contribution in [2.45, 2.75) is 25.7 Å². The van der Waals surface area contributed by atoms with Crippen LogP contribution >= 0.6 is 0 Å². The third kappa shape index (κ3) is 6.10. The van der Waals surface area contributed by atoms with Crippen molar-refractivity contribution in [1.29, 1.82) is 0 Å². The summed E-state index contributed by atoms with van der Waals surface area (Å²) in [6.07, 6.45) is 0.131. The number of guanidine groups is 1. The van der Waals surface area contributed by atoms with Crippen LogP contribution in [0.2, 0.25) is 0 Å². The van der Waals surface area contributed by atoms with Gasteiger partial charge in [0.2, 0.25) is 0 Å². The number of imidazole rings is 1. The van der Waals surface area contributed by atoms with Crippen molar-refractivity contribution >= 4 is 5.96 Å². The SMILES string of the molecule is CN=C(NCCc1nccn1Cc1ccccc1)NCc1ccc(C(F)(F)F)cc1. The average Bonchev–Trinajstić information content (AvgIpc) is 3.17. The van der Waals surface area contributed by atoms with Gasteiger partial charge in [-0.25, -0.2) is 4.98 Å². The Morgan fingerprint density at radius 3 is 2.40 bits per heavy atom. The van der Waals surface area contributed by atoms with E-state index in [-0.39, 0.29) is 0 Å². The lowest BCUT2D eigenvalue weighted by Crippen LogP contribution is -2.38. The molecule has 3 rings (SSSR count). The lowest BCUT2D eigenvalue weighted by atomic mass is 10.1. The maximum absolute atomic E-state index is 12.6. The predicted molar refractivity (Wildman–Crippen MR) is 111 cm³/mol. The number of alkyl halides is 3. The number of hydrogen-bond donors (Lipinski definition) is 2. The largest absolute Gasteiger partial charge is 0.416 e. The van der Waals surface area contributed by atoms with Crippen LogP contribution in [0.3, 0.4) is 0 Å². The van der Waals surface area contributed by atoms with Gasteiger partial charge in [0.25, 0.3) is 0 Å². The van der Waals surface area contributed by atoms with Gasteiger partial charge in [-0.05, 0) is 23.3 Å². The van der Waals surface area contributed by atoms with E-state index in [0.717, 1.165) is 30.1 Å². The molecule has 0 aliphatic rings. The van der Waals surface area contributed by atoms with E-state index in [4.69, 9.17) is 0 Å². The number of aromatic nitrogens is 2. The predicted octanol–water partition coefficient (Wildman–Crippen LogP) is 3.86. The summed E-state index contributed by atoms with van der Waals surface area (Å²) in [6, 6.07) is 15.3. The number of aliphatic imine (C=N–C) groups is 1. The van der Waals surface area contributed by atoms with E-state index in [9.17, 15) is 13.2 Å². The summed E-state index contributed by atoms with van der Waals surface area (Å²) < 4.78 is 40.0. The Balaban J connectivity index is 1.47. The molecule has 0 amide bonds. The molecule has 0 spiro atoms. The first kappa shape index (κ1) is 21.4. The molecule has 0 bridgehead atoms. The summed E-state index contributed by atoms with van der Waals surface area (Å²) in [4.78, 5) is 8.58. The molecular weight excluding hydrogens is 391 g/mol. The average molecular weight is 415 g/mol. The molecule has 0 atom stereocenters. The third-order valence-electron chi connectivity index (χ3n) is 4.60. The van der Waals surface area contributed by atoms with Crippen LogP contribution in [-0.2, 0) is 25.7 Å². The van der Waals surface area contributed by atoms with Crippen LogP contribution in [0, 0.1) is 0 Å². The van der Waals surface area contributed by atoms with Crippen molar-refractivity contribution in [3.05, 3.63) is 89.5 Å². The second kappa shape index (κ2) is 9.96. The van der Waals surface area contributed by atoms with Gasteiger partial charge in [0.05, 0.1) is 5.56 Å². The van der Waals surface area contributed by atoms with Gasteiger partial charge in [-0.3, -0.25) is 4.99 Å². The van der Waals surface area contributed by atoms with E-state index in [1.807, 2.05) is 24.4 Å². The van der Waals surface area contributed by atoms with Crippen molar-refractivity contribution < 1.29 is 13.2 Å². The van der Waals surface area contributed by atoms with Gasteiger partial charge in [-0.15, -0.1) is 0 Å².